The number of aromatic amines is 1. The number of rotatable bonds is 9. The molecule has 1 N–H and O–H groups in total. The van der Waals surface area contributed by atoms with Gasteiger partial charge in [-0.2, -0.15) is 0 Å². The maximum absolute atomic E-state index is 11.8. The first-order valence-corrected chi connectivity index (χ1v) is 10.1. The number of aromatic nitrogens is 2. The Labute approximate surface area is 170 Å². The summed E-state index contributed by atoms with van der Waals surface area (Å²) in [6.45, 7) is 10.3. The minimum absolute atomic E-state index is 0.180. The van der Waals surface area contributed by atoms with Gasteiger partial charge >= 0.3 is 14.3 Å². The van der Waals surface area contributed by atoms with Gasteiger partial charge in [-0.15, -0.1) is 0 Å². The van der Waals surface area contributed by atoms with E-state index in [1.807, 2.05) is 0 Å². The molecule has 1 aromatic heterocycles. The van der Waals surface area contributed by atoms with Crippen LogP contribution in [-0.4, -0.2) is 42.6 Å². The summed E-state index contributed by atoms with van der Waals surface area (Å²) in [6, 6.07) is 1.31. The fourth-order valence-corrected chi connectivity index (χ4v) is 3.14. The van der Waals surface area contributed by atoms with Crippen molar-refractivity contribution in [1.82, 2.24) is 9.55 Å². The second kappa shape index (κ2) is 14.1. The number of nitrogens with zero attached hydrogens (tertiary/aromatic N) is 1. The van der Waals surface area contributed by atoms with Gasteiger partial charge in [0, 0.05) is 25.9 Å². The smallest absolute Gasteiger partial charge is 0.332 e. The number of methoxy groups -OCH3 is 1. The number of ether oxygens (including phenoxy) is 1. The average Bonchev–Trinajstić information content (AvgIpc) is 2.70. The first kappa shape index (κ1) is 25.1. The Morgan fingerprint density at radius 3 is 2.66 bits per heavy atom. The molecule has 0 saturated carbocycles. The quantitative estimate of drug-likeness (QED) is 0.478. The zero-order valence-corrected chi connectivity index (χ0v) is 17.7. The lowest BCUT2D eigenvalue weighted by atomic mass is 10.2. The highest BCUT2D eigenvalue weighted by molar-refractivity contribution is 7.41. The van der Waals surface area contributed by atoms with Crippen molar-refractivity contribution in [1.29, 1.82) is 0 Å². The summed E-state index contributed by atoms with van der Waals surface area (Å²) in [4.78, 5) is 24.7. The van der Waals surface area contributed by atoms with Crippen LogP contribution in [0.5, 0.6) is 0 Å². The van der Waals surface area contributed by atoms with Gasteiger partial charge < -0.3 is 22.9 Å². The second-order valence-electron chi connectivity index (χ2n) is 6.03. The van der Waals surface area contributed by atoms with Crippen LogP contribution < -0.4 is 11.2 Å². The van der Waals surface area contributed by atoms with Gasteiger partial charge in [0.05, 0.1) is 25.9 Å². The molecule has 162 valence electrons. The molecule has 2 heterocycles. The van der Waals surface area contributed by atoms with Gasteiger partial charge in [-0.1, -0.05) is 19.2 Å². The molecule has 10 heteroatoms. The number of aryl methyl sites for hydroxylation is 1. The highest BCUT2D eigenvalue weighted by Crippen LogP contribution is 2.42. The molecule has 8 nitrogen and oxygen atoms in total. The van der Waals surface area contributed by atoms with E-state index in [0.29, 0.717) is 32.8 Å². The Kier molecular flexibility index (Phi) is 12.3. The standard InChI is InChI=1S/C12H19N2O6P.C7H9F/c1-17-10(9-20-21-18-7-2-8-19-21)3-5-14-6-4-11(15)13-12(14)16;1-4-6(2)5-7(3)8/h4,6,10H,2-3,5,7-9H2,1H3,(H,13,15,16);4-5H,1,3H2,2H3/b;6-5-/t10-;/m0./s1. The van der Waals surface area contributed by atoms with Crippen LogP contribution in [0.25, 0.3) is 0 Å². The first-order chi connectivity index (χ1) is 13.8. The van der Waals surface area contributed by atoms with Crippen LogP contribution in [0, 0.1) is 0 Å². The van der Waals surface area contributed by atoms with Crippen molar-refractivity contribution >= 4 is 8.60 Å². The Morgan fingerprint density at radius 1 is 1.45 bits per heavy atom. The van der Waals surface area contributed by atoms with Gasteiger partial charge in [-0.05, 0) is 31.4 Å². The zero-order chi connectivity index (χ0) is 21.6. The molecule has 0 unspecified atom stereocenters. The summed E-state index contributed by atoms with van der Waals surface area (Å²) in [7, 11) is 0.301. The molecule has 1 atom stereocenters. The van der Waals surface area contributed by atoms with E-state index in [9.17, 15) is 14.0 Å². The first-order valence-electron chi connectivity index (χ1n) is 9.02. The number of halogens is 1. The van der Waals surface area contributed by atoms with Crippen LogP contribution in [0.4, 0.5) is 4.39 Å². The zero-order valence-electron chi connectivity index (χ0n) is 16.8. The molecule has 0 spiro atoms. The van der Waals surface area contributed by atoms with Crippen molar-refractivity contribution in [2.75, 3.05) is 26.9 Å². The van der Waals surface area contributed by atoms with Crippen molar-refractivity contribution in [2.24, 2.45) is 0 Å². The molecule has 1 fully saturated rings. The number of hydrogen-bond donors (Lipinski definition) is 1. The SMILES string of the molecule is C=C/C(C)=C\C(=C)F.CO[C@@H](CCn1ccc(=O)[nH]c1=O)COP1OCCCO1. The third kappa shape index (κ3) is 11.0. The highest BCUT2D eigenvalue weighted by atomic mass is 31.2. The fraction of sp³-hybridized carbons (Fsp3) is 0.474. The number of hydrogen-bond acceptors (Lipinski definition) is 6. The largest absolute Gasteiger partial charge is 0.379 e. The summed E-state index contributed by atoms with van der Waals surface area (Å²) in [5.74, 6) is -0.428. The predicted molar refractivity (Wildman–Crippen MR) is 110 cm³/mol. The molecule has 0 bridgehead atoms. The molecule has 1 aliphatic heterocycles. The van der Waals surface area contributed by atoms with E-state index < -0.39 is 25.7 Å². The second-order valence-corrected chi connectivity index (χ2v) is 7.25. The lowest BCUT2D eigenvalue weighted by Crippen LogP contribution is -2.30. The van der Waals surface area contributed by atoms with Gasteiger partial charge in [0.25, 0.3) is 5.56 Å². The van der Waals surface area contributed by atoms with Crippen molar-refractivity contribution in [3.8, 4) is 0 Å². The van der Waals surface area contributed by atoms with E-state index in [2.05, 4.69) is 18.1 Å². The van der Waals surface area contributed by atoms with E-state index in [1.165, 1.54) is 22.9 Å². The maximum Gasteiger partial charge on any atom is 0.332 e. The van der Waals surface area contributed by atoms with E-state index in [1.54, 1.807) is 20.1 Å². The van der Waals surface area contributed by atoms with E-state index >= 15 is 0 Å². The van der Waals surface area contributed by atoms with E-state index in [0.717, 1.165) is 12.0 Å². The summed E-state index contributed by atoms with van der Waals surface area (Å²) < 4.78 is 34.8. The van der Waals surface area contributed by atoms with Gasteiger partial charge in [-0.3, -0.25) is 9.78 Å². The topological polar surface area (TPSA) is 91.8 Å². The molecule has 1 saturated heterocycles. The molecule has 0 amide bonds. The van der Waals surface area contributed by atoms with Crippen molar-refractivity contribution < 1.29 is 22.7 Å². The minimum Gasteiger partial charge on any atom is -0.379 e. The van der Waals surface area contributed by atoms with Crippen LogP contribution in [-0.2, 0) is 24.9 Å². The predicted octanol–water partition coefficient (Wildman–Crippen LogP) is 3.22. The normalized spacial score (nSPS) is 15.9. The van der Waals surface area contributed by atoms with Crippen LogP contribution in [0.2, 0.25) is 0 Å². The summed E-state index contributed by atoms with van der Waals surface area (Å²) in [5, 5.41) is 0. The average molecular weight is 430 g/mol. The number of nitrogens with one attached hydrogen (secondary N) is 1. The third-order valence-corrected chi connectivity index (χ3v) is 4.82. The van der Waals surface area contributed by atoms with Crippen LogP contribution >= 0.6 is 8.60 Å². The molecule has 0 radical (unpaired) electrons. The van der Waals surface area contributed by atoms with Crippen LogP contribution in [0.3, 0.4) is 0 Å². The Hall–Kier alpha value is -1.90. The molecule has 0 aliphatic carbocycles. The third-order valence-electron chi connectivity index (χ3n) is 3.68. The van der Waals surface area contributed by atoms with Crippen molar-refractivity contribution in [2.45, 2.75) is 32.4 Å². The van der Waals surface area contributed by atoms with Crippen molar-refractivity contribution in [3.05, 3.63) is 69.8 Å². The van der Waals surface area contributed by atoms with Gasteiger partial charge in [0.2, 0.25) is 0 Å². The highest BCUT2D eigenvalue weighted by Gasteiger charge is 2.19. The van der Waals surface area contributed by atoms with Crippen LogP contribution in [0.1, 0.15) is 19.8 Å². The maximum atomic E-state index is 11.8. The Bertz CT molecular complexity index is 785. The van der Waals surface area contributed by atoms with Crippen molar-refractivity contribution in [3.63, 3.8) is 0 Å². The molecular formula is C19H28FN2O6P. The summed E-state index contributed by atoms with van der Waals surface area (Å²) in [5.41, 5.74) is -0.0450. The Morgan fingerprint density at radius 2 is 2.14 bits per heavy atom. The molecule has 0 aromatic carbocycles. The number of allylic oxidation sites excluding steroid dienone is 4. The summed E-state index contributed by atoms with van der Waals surface area (Å²) >= 11 is 0. The minimum atomic E-state index is -1.28. The molecular weight excluding hydrogens is 402 g/mol. The fourth-order valence-electron chi connectivity index (χ4n) is 2.07. The lowest BCUT2D eigenvalue weighted by Gasteiger charge is -2.23. The number of H-pyrrole nitrogens is 1. The monoisotopic (exact) mass is 430 g/mol. The van der Waals surface area contributed by atoms with Gasteiger partial charge in [-0.25, -0.2) is 9.18 Å². The lowest BCUT2D eigenvalue weighted by molar-refractivity contribution is 0.0305. The molecule has 2 rings (SSSR count). The molecule has 29 heavy (non-hydrogen) atoms. The van der Waals surface area contributed by atoms with Gasteiger partial charge in [0.1, 0.15) is 5.83 Å². The van der Waals surface area contributed by atoms with E-state index in [4.69, 9.17) is 18.3 Å². The van der Waals surface area contributed by atoms with Crippen LogP contribution in [0.15, 0.2) is 58.6 Å². The summed E-state index contributed by atoms with van der Waals surface area (Å²) in [6.07, 6.45) is 5.64. The molecule has 1 aromatic rings. The van der Waals surface area contributed by atoms with E-state index in [-0.39, 0.29) is 6.10 Å². The molecule has 1 aliphatic rings. The van der Waals surface area contributed by atoms with Gasteiger partial charge in [0.15, 0.2) is 0 Å². The Balaban J connectivity index is 0.000000447.